The number of fused-ring (bicyclic) bond motifs is 1. The van der Waals surface area contributed by atoms with Crippen molar-refractivity contribution in [1.82, 2.24) is 20.4 Å². The number of benzene rings is 2. The molecule has 3 aromatic rings. The highest BCUT2D eigenvalue weighted by Gasteiger charge is 2.54. The van der Waals surface area contributed by atoms with E-state index in [-0.39, 0.29) is 11.9 Å². The van der Waals surface area contributed by atoms with Gasteiger partial charge in [0.2, 0.25) is 0 Å². The monoisotopic (exact) mass is 385 g/mol. The van der Waals surface area contributed by atoms with Gasteiger partial charge in [-0.05, 0) is 36.8 Å². The topological polar surface area (TPSA) is 94.0 Å². The molecule has 144 valence electrons. The molecule has 2 aliphatic rings. The third-order valence-electron chi connectivity index (χ3n) is 5.52. The molecule has 2 heterocycles. The van der Waals surface area contributed by atoms with E-state index in [1.54, 1.807) is 11.0 Å². The Morgan fingerprint density at radius 2 is 2.00 bits per heavy atom. The van der Waals surface area contributed by atoms with Crippen molar-refractivity contribution < 1.29 is 9.53 Å². The highest BCUT2D eigenvalue weighted by atomic mass is 16.5. The van der Waals surface area contributed by atoms with Crippen LogP contribution in [0, 0.1) is 17.4 Å². The number of H-pyrrole nitrogens is 1. The minimum Gasteiger partial charge on any atom is -0.457 e. The molecule has 1 saturated carbocycles. The van der Waals surface area contributed by atoms with Gasteiger partial charge >= 0.3 is 0 Å². The second-order valence-corrected chi connectivity index (χ2v) is 7.38. The molecule has 0 bridgehead atoms. The first-order chi connectivity index (χ1) is 14.2. The van der Waals surface area contributed by atoms with E-state index in [0.717, 1.165) is 17.7 Å². The third-order valence-corrected chi connectivity index (χ3v) is 5.52. The summed E-state index contributed by atoms with van der Waals surface area (Å²) in [4.78, 5) is 14.4. The predicted molar refractivity (Wildman–Crippen MR) is 106 cm³/mol. The molecule has 2 aromatic carbocycles. The van der Waals surface area contributed by atoms with E-state index in [9.17, 15) is 4.79 Å². The Balaban J connectivity index is 1.33. The number of aromatic nitrogens is 2. The molecule has 7 heteroatoms. The lowest BCUT2D eigenvalue weighted by Crippen LogP contribution is -2.39. The zero-order valence-corrected chi connectivity index (χ0v) is 15.6. The van der Waals surface area contributed by atoms with Crippen LogP contribution in [-0.4, -0.2) is 39.6 Å². The molecule has 3 atom stereocenters. The molecule has 0 spiro atoms. The maximum Gasteiger partial charge on any atom is 0.269 e. The molecule has 1 aromatic heterocycles. The molecule has 2 fully saturated rings. The van der Waals surface area contributed by atoms with Crippen LogP contribution < -0.4 is 10.1 Å². The van der Waals surface area contributed by atoms with E-state index in [4.69, 9.17) is 10.00 Å². The Kier molecular flexibility index (Phi) is 4.17. The van der Waals surface area contributed by atoms with Gasteiger partial charge in [-0.15, -0.1) is 0 Å². The highest BCUT2D eigenvalue weighted by Crippen LogP contribution is 2.44. The fourth-order valence-electron chi connectivity index (χ4n) is 3.95. The van der Waals surface area contributed by atoms with Gasteiger partial charge in [0.1, 0.15) is 17.2 Å². The Morgan fingerprint density at radius 3 is 2.79 bits per heavy atom. The number of amides is 1. The van der Waals surface area contributed by atoms with Gasteiger partial charge in [0.15, 0.2) is 6.19 Å². The van der Waals surface area contributed by atoms with Gasteiger partial charge in [0, 0.05) is 24.1 Å². The summed E-state index contributed by atoms with van der Waals surface area (Å²) in [5.41, 5.74) is 1.82. The van der Waals surface area contributed by atoms with E-state index >= 15 is 0 Å². The summed E-state index contributed by atoms with van der Waals surface area (Å²) in [5.74, 6) is 1.57. The summed E-state index contributed by atoms with van der Waals surface area (Å²) in [5, 5.41) is 19.3. The van der Waals surface area contributed by atoms with Crippen molar-refractivity contribution in [2.45, 2.75) is 18.5 Å². The van der Waals surface area contributed by atoms with E-state index < -0.39 is 0 Å². The number of likely N-dealkylation sites (tertiary alicyclic amines) is 1. The first kappa shape index (κ1) is 17.3. The molecule has 3 unspecified atom stereocenters. The fourth-order valence-corrected chi connectivity index (χ4v) is 3.95. The van der Waals surface area contributed by atoms with Crippen LogP contribution in [0.2, 0.25) is 0 Å². The van der Waals surface area contributed by atoms with Crippen LogP contribution in [-0.2, 0) is 0 Å². The quantitative estimate of drug-likeness (QED) is 0.658. The van der Waals surface area contributed by atoms with Gasteiger partial charge < -0.3 is 15.0 Å². The van der Waals surface area contributed by atoms with Gasteiger partial charge in [-0.25, -0.2) is 0 Å². The van der Waals surface area contributed by atoms with Crippen LogP contribution in [0.25, 0.3) is 11.3 Å². The van der Waals surface area contributed by atoms with Gasteiger partial charge in [0.25, 0.3) is 5.91 Å². The number of nitrogens with zero attached hydrogens (tertiary/aromatic N) is 3. The van der Waals surface area contributed by atoms with E-state index in [0.29, 0.717) is 35.6 Å². The second-order valence-electron chi connectivity index (χ2n) is 7.38. The number of hydrogen-bond acceptors (Lipinski definition) is 5. The van der Waals surface area contributed by atoms with Crippen molar-refractivity contribution >= 4 is 5.91 Å². The summed E-state index contributed by atoms with van der Waals surface area (Å²) in [6, 6.07) is 19.1. The number of aromatic amines is 1. The van der Waals surface area contributed by atoms with Crippen molar-refractivity contribution in [1.29, 1.82) is 5.26 Å². The normalized spacial score (nSPS) is 21.9. The SMILES string of the molecule is N#CN1CC(NC(=O)c2cc(-c3ccccc3Oc3ccccc3)n[nH]2)C2CC21. The summed E-state index contributed by atoms with van der Waals surface area (Å²) >= 11 is 0. The summed E-state index contributed by atoms with van der Waals surface area (Å²) in [6.45, 7) is 0.576. The number of carbonyl (C=O) groups is 1. The summed E-state index contributed by atoms with van der Waals surface area (Å²) < 4.78 is 5.99. The average molecular weight is 385 g/mol. The lowest BCUT2D eigenvalue weighted by atomic mass is 10.1. The summed E-state index contributed by atoms with van der Waals surface area (Å²) in [7, 11) is 0. The van der Waals surface area contributed by atoms with E-state index in [1.807, 2.05) is 54.6 Å². The number of nitriles is 1. The number of nitrogens with one attached hydrogen (secondary N) is 2. The molecule has 5 rings (SSSR count). The van der Waals surface area contributed by atoms with Gasteiger partial charge in [-0.3, -0.25) is 9.89 Å². The number of para-hydroxylation sites is 2. The molecular weight excluding hydrogens is 366 g/mol. The molecule has 1 aliphatic carbocycles. The molecule has 1 saturated heterocycles. The number of carbonyl (C=O) groups excluding carboxylic acids is 1. The van der Waals surface area contributed by atoms with E-state index in [1.165, 1.54) is 0 Å². The highest BCUT2D eigenvalue weighted by molar-refractivity contribution is 5.93. The zero-order chi connectivity index (χ0) is 19.8. The molecule has 1 amide bonds. The smallest absolute Gasteiger partial charge is 0.269 e. The van der Waals surface area contributed by atoms with Crippen LogP contribution in [0.3, 0.4) is 0 Å². The van der Waals surface area contributed by atoms with Crippen LogP contribution in [0.1, 0.15) is 16.9 Å². The van der Waals surface area contributed by atoms with Gasteiger partial charge in [-0.1, -0.05) is 30.3 Å². The van der Waals surface area contributed by atoms with Crippen molar-refractivity contribution in [3.63, 3.8) is 0 Å². The predicted octanol–water partition coefficient (Wildman–Crippen LogP) is 3.15. The standard InChI is InChI=1S/C22H19N5O2/c23-13-27-12-19(16-10-20(16)27)24-22(28)18-11-17(25-26-18)15-8-4-5-9-21(15)29-14-6-2-1-3-7-14/h1-9,11,16,19-20H,10,12H2,(H,24,28)(H,25,26). The van der Waals surface area contributed by atoms with Crippen molar-refractivity contribution in [3.8, 4) is 28.9 Å². The number of ether oxygens (including phenoxy) is 1. The van der Waals surface area contributed by atoms with Gasteiger partial charge in [0.05, 0.1) is 11.7 Å². The number of piperidine rings is 1. The summed E-state index contributed by atoms with van der Waals surface area (Å²) in [6.07, 6.45) is 3.17. The lowest BCUT2D eigenvalue weighted by Gasteiger charge is -2.15. The first-order valence-corrected chi connectivity index (χ1v) is 9.58. The molecule has 0 radical (unpaired) electrons. The van der Waals surface area contributed by atoms with Crippen molar-refractivity contribution in [2.75, 3.05) is 6.54 Å². The third kappa shape index (κ3) is 3.29. The Bertz CT molecular complexity index is 1090. The second kappa shape index (κ2) is 6.99. The first-order valence-electron chi connectivity index (χ1n) is 9.58. The van der Waals surface area contributed by atoms with E-state index in [2.05, 4.69) is 21.7 Å². The lowest BCUT2D eigenvalue weighted by molar-refractivity contribution is 0.0928. The van der Waals surface area contributed by atoms with Crippen LogP contribution in [0.5, 0.6) is 11.5 Å². The van der Waals surface area contributed by atoms with Crippen molar-refractivity contribution in [2.24, 2.45) is 5.92 Å². The Hall–Kier alpha value is -3.79. The van der Waals surface area contributed by atoms with Crippen molar-refractivity contribution in [3.05, 3.63) is 66.4 Å². The average Bonchev–Trinajstić information content (AvgIpc) is 3.25. The molecule has 1 aliphatic heterocycles. The minimum absolute atomic E-state index is 0.00704. The maximum absolute atomic E-state index is 12.7. The molecule has 7 nitrogen and oxygen atoms in total. The maximum atomic E-state index is 12.7. The van der Waals surface area contributed by atoms with Crippen LogP contribution in [0.4, 0.5) is 0 Å². The Labute approximate surface area is 167 Å². The largest absolute Gasteiger partial charge is 0.457 e. The van der Waals surface area contributed by atoms with Crippen LogP contribution in [0.15, 0.2) is 60.7 Å². The molecular formula is C22H19N5O2. The molecule has 29 heavy (non-hydrogen) atoms. The fraction of sp³-hybridized carbons (Fsp3) is 0.227. The minimum atomic E-state index is -0.208. The zero-order valence-electron chi connectivity index (χ0n) is 15.6. The number of rotatable bonds is 5. The van der Waals surface area contributed by atoms with Gasteiger partial charge in [-0.2, -0.15) is 10.4 Å². The number of hydrogen-bond donors (Lipinski definition) is 2. The Morgan fingerprint density at radius 1 is 1.21 bits per heavy atom. The van der Waals surface area contributed by atoms with Crippen LogP contribution >= 0.6 is 0 Å². The molecule has 2 N–H and O–H groups in total.